The van der Waals surface area contributed by atoms with Crippen LogP contribution in [0, 0.1) is 0 Å². The SMILES string of the molecule is c1ccc2c(N(c3ccc4c(c3)oc3ccccc34)c3cnc4c(n3)sc3nc(N(c5ccc6c(c5)oc5ccccc56)c5c6ccccc6cc6ccccc56)cnc34)c3ccccc3cc2c1. The van der Waals surface area contributed by atoms with Gasteiger partial charge in [0.15, 0.2) is 11.6 Å². The van der Waals surface area contributed by atoms with E-state index < -0.39 is 0 Å². The number of anilines is 6. The first-order valence-corrected chi connectivity index (χ1v) is 23.7. The summed E-state index contributed by atoms with van der Waals surface area (Å²) >= 11 is 1.49. The van der Waals surface area contributed by atoms with E-state index in [0.29, 0.717) is 22.7 Å². The summed E-state index contributed by atoms with van der Waals surface area (Å²) in [5, 5.41) is 13.1. The van der Waals surface area contributed by atoms with E-state index in [1.165, 1.54) is 11.3 Å². The van der Waals surface area contributed by atoms with Crippen molar-refractivity contribution >= 4 is 153 Å². The minimum Gasteiger partial charge on any atom is -0.456 e. The molecule has 15 aromatic rings. The molecule has 0 saturated carbocycles. The van der Waals surface area contributed by atoms with Crippen molar-refractivity contribution in [2.24, 2.45) is 0 Å². The maximum absolute atomic E-state index is 6.49. The van der Waals surface area contributed by atoms with Crippen molar-refractivity contribution in [1.29, 1.82) is 0 Å². The Morgan fingerprint density at radius 1 is 0.333 bits per heavy atom. The summed E-state index contributed by atoms with van der Waals surface area (Å²) in [6.07, 6.45) is 3.72. The largest absolute Gasteiger partial charge is 0.456 e. The number of nitrogens with zero attached hydrogens (tertiary/aromatic N) is 6. The molecule has 0 N–H and O–H groups in total. The van der Waals surface area contributed by atoms with Crippen LogP contribution in [0.15, 0.2) is 215 Å². The first-order valence-electron chi connectivity index (χ1n) is 22.8. The van der Waals surface area contributed by atoms with Crippen molar-refractivity contribution in [1.82, 2.24) is 19.9 Å². The van der Waals surface area contributed by atoms with Crippen LogP contribution in [0.4, 0.5) is 34.4 Å². The lowest BCUT2D eigenvalue weighted by molar-refractivity contribution is 0.668. The number of thiophene rings is 1. The van der Waals surface area contributed by atoms with Crippen LogP contribution in [0.2, 0.25) is 0 Å². The molecule has 0 saturated heterocycles. The van der Waals surface area contributed by atoms with Gasteiger partial charge in [0, 0.05) is 55.2 Å². The minimum absolute atomic E-state index is 0.661. The van der Waals surface area contributed by atoms with E-state index in [0.717, 1.165) is 119 Å². The van der Waals surface area contributed by atoms with Crippen molar-refractivity contribution in [3.63, 3.8) is 0 Å². The van der Waals surface area contributed by atoms with Gasteiger partial charge >= 0.3 is 0 Å². The molecule has 69 heavy (non-hydrogen) atoms. The van der Waals surface area contributed by atoms with Gasteiger partial charge in [0.2, 0.25) is 0 Å². The third-order valence-electron chi connectivity index (χ3n) is 13.5. The fourth-order valence-electron chi connectivity index (χ4n) is 10.4. The van der Waals surface area contributed by atoms with E-state index in [4.69, 9.17) is 28.8 Å². The molecule has 0 aliphatic heterocycles. The van der Waals surface area contributed by atoms with Crippen molar-refractivity contribution in [2.75, 3.05) is 9.80 Å². The lowest BCUT2D eigenvalue weighted by Crippen LogP contribution is -2.13. The van der Waals surface area contributed by atoms with Gasteiger partial charge in [-0.2, -0.15) is 0 Å². The molecule has 0 fully saturated rings. The number of rotatable bonds is 6. The molecule has 9 heteroatoms. The Labute approximate surface area is 396 Å². The summed E-state index contributed by atoms with van der Waals surface area (Å²) in [7, 11) is 0. The Hall–Kier alpha value is -9.18. The quantitative estimate of drug-likeness (QED) is 0.153. The van der Waals surface area contributed by atoms with E-state index >= 15 is 0 Å². The molecule has 0 spiro atoms. The predicted octanol–water partition coefficient (Wildman–Crippen LogP) is 17.0. The van der Waals surface area contributed by atoms with Gasteiger partial charge in [-0.25, -0.2) is 19.9 Å². The van der Waals surface area contributed by atoms with Crippen LogP contribution < -0.4 is 9.80 Å². The number of aromatic nitrogens is 4. The van der Waals surface area contributed by atoms with Crippen molar-refractivity contribution < 1.29 is 8.83 Å². The first-order chi connectivity index (χ1) is 34.2. The average Bonchev–Trinajstić information content (AvgIpc) is 4.09. The van der Waals surface area contributed by atoms with E-state index in [1.54, 1.807) is 0 Å². The number of hydrogen-bond donors (Lipinski definition) is 0. The first kappa shape index (κ1) is 38.0. The van der Waals surface area contributed by atoms with Gasteiger partial charge < -0.3 is 8.83 Å². The van der Waals surface area contributed by atoms with Crippen LogP contribution in [-0.4, -0.2) is 19.9 Å². The second-order valence-electron chi connectivity index (χ2n) is 17.4. The molecule has 10 aromatic carbocycles. The smallest absolute Gasteiger partial charge is 0.157 e. The second kappa shape index (κ2) is 14.7. The van der Waals surface area contributed by atoms with Gasteiger partial charge in [-0.1, -0.05) is 145 Å². The summed E-state index contributed by atoms with van der Waals surface area (Å²) in [6, 6.07) is 67.8. The van der Waals surface area contributed by atoms with Crippen LogP contribution in [0.3, 0.4) is 0 Å². The standard InChI is InChI=1S/C60H34N6O2S/c1-5-17-41-35(13-1)29-36-14-2-6-18-42(36)57(41)65(39-25-27-47-45-21-9-11-23-49(45)67-51(47)31-39)53-33-61-55-56-60(69-59(55)63-53)64-54(34-62-56)66(40-26-28-48-46-22-10-12-24-50(46)68-52(48)32-40)58-43-19-7-3-15-37(43)30-38-16-4-8-20-44(38)58/h1-34H. The van der Waals surface area contributed by atoms with Gasteiger partial charge in [-0.3, -0.25) is 9.80 Å². The number of furan rings is 2. The van der Waals surface area contributed by atoms with E-state index in [9.17, 15) is 0 Å². The molecule has 0 amide bonds. The highest BCUT2D eigenvalue weighted by Crippen LogP contribution is 2.48. The molecule has 0 atom stereocenters. The Morgan fingerprint density at radius 3 is 1.09 bits per heavy atom. The van der Waals surface area contributed by atoms with Crippen LogP contribution in [0.5, 0.6) is 0 Å². The summed E-state index contributed by atoms with van der Waals surface area (Å²) < 4.78 is 13.0. The van der Waals surface area contributed by atoms with E-state index in [-0.39, 0.29) is 0 Å². The van der Waals surface area contributed by atoms with Crippen LogP contribution in [0.1, 0.15) is 0 Å². The van der Waals surface area contributed by atoms with Gasteiger partial charge in [-0.05, 0) is 70.1 Å². The molecule has 8 nitrogen and oxygen atoms in total. The zero-order chi connectivity index (χ0) is 45.2. The molecule has 5 aromatic heterocycles. The summed E-state index contributed by atoms with van der Waals surface area (Å²) in [6.45, 7) is 0. The lowest BCUT2D eigenvalue weighted by Gasteiger charge is -2.27. The maximum atomic E-state index is 6.49. The van der Waals surface area contributed by atoms with Crippen molar-refractivity contribution in [3.8, 4) is 0 Å². The average molecular weight is 903 g/mol. The Morgan fingerprint density at radius 2 is 0.681 bits per heavy atom. The minimum atomic E-state index is 0.661. The zero-order valence-corrected chi connectivity index (χ0v) is 37.4. The van der Waals surface area contributed by atoms with Crippen LogP contribution in [-0.2, 0) is 0 Å². The van der Waals surface area contributed by atoms with Gasteiger partial charge in [0.1, 0.15) is 43.0 Å². The van der Waals surface area contributed by atoms with E-state index in [2.05, 4.69) is 168 Å². The fraction of sp³-hybridized carbons (Fsp3) is 0. The third-order valence-corrected chi connectivity index (χ3v) is 14.5. The monoisotopic (exact) mass is 902 g/mol. The summed E-state index contributed by atoms with van der Waals surface area (Å²) in [5.41, 5.74) is 8.48. The van der Waals surface area contributed by atoms with Gasteiger partial charge in [-0.15, -0.1) is 0 Å². The number of para-hydroxylation sites is 2. The number of hydrogen-bond acceptors (Lipinski definition) is 9. The molecular formula is C60H34N6O2S. The van der Waals surface area contributed by atoms with Crippen molar-refractivity contribution in [2.45, 2.75) is 0 Å². The topological polar surface area (TPSA) is 84.3 Å². The van der Waals surface area contributed by atoms with Crippen molar-refractivity contribution in [3.05, 3.63) is 207 Å². The fourth-order valence-corrected chi connectivity index (χ4v) is 11.4. The van der Waals surface area contributed by atoms with Gasteiger partial charge in [0.05, 0.1) is 35.1 Å². The normalized spacial score (nSPS) is 12.1. The Bertz CT molecular complexity index is 4210. The highest BCUT2D eigenvalue weighted by atomic mass is 32.1. The molecule has 0 aliphatic rings. The predicted molar refractivity (Wildman–Crippen MR) is 284 cm³/mol. The molecule has 5 heterocycles. The third kappa shape index (κ3) is 5.81. The van der Waals surface area contributed by atoms with Gasteiger partial charge in [0.25, 0.3) is 0 Å². The lowest BCUT2D eigenvalue weighted by atomic mass is 9.99. The highest BCUT2D eigenvalue weighted by molar-refractivity contribution is 7.24. The van der Waals surface area contributed by atoms with Crippen LogP contribution in [0.25, 0.3) is 108 Å². The molecular weight excluding hydrogens is 869 g/mol. The summed E-state index contributed by atoms with van der Waals surface area (Å²) in [4.78, 5) is 27.2. The Kier molecular flexibility index (Phi) is 8.07. The maximum Gasteiger partial charge on any atom is 0.157 e. The number of fused-ring (bicyclic) bond motifs is 13. The van der Waals surface area contributed by atoms with E-state index in [1.807, 2.05) is 48.8 Å². The molecule has 0 unspecified atom stereocenters. The summed E-state index contributed by atoms with van der Waals surface area (Å²) in [5.74, 6) is 1.32. The zero-order valence-electron chi connectivity index (χ0n) is 36.5. The molecule has 15 rings (SSSR count). The molecule has 322 valence electrons. The highest BCUT2D eigenvalue weighted by Gasteiger charge is 2.26. The van der Waals surface area contributed by atoms with Crippen LogP contribution >= 0.6 is 11.3 Å². The Balaban J connectivity index is 0.949. The molecule has 0 radical (unpaired) electrons. The second-order valence-corrected chi connectivity index (χ2v) is 18.4. The number of benzene rings is 10. The molecule has 0 bridgehead atoms. The molecule has 0 aliphatic carbocycles.